The number of benzene rings is 1. The molecule has 0 unspecified atom stereocenters. The molecule has 1 saturated carbocycles. The highest BCUT2D eigenvalue weighted by Gasteiger charge is 2.35. The Morgan fingerprint density at radius 1 is 1.20 bits per heavy atom. The number of carbonyl (C=O) groups is 1. The van der Waals surface area contributed by atoms with Gasteiger partial charge in [0.2, 0.25) is 15.9 Å². The van der Waals surface area contributed by atoms with Gasteiger partial charge in [0.15, 0.2) is 0 Å². The number of halogens is 2. The van der Waals surface area contributed by atoms with E-state index in [1.54, 1.807) is 4.90 Å². The van der Waals surface area contributed by atoms with Crippen molar-refractivity contribution in [1.82, 2.24) is 9.62 Å². The maximum absolute atomic E-state index is 14.0. The van der Waals surface area contributed by atoms with Crippen molar-refractivity contribution in [2.24, 2.45) is 0 Å². The van der Waals surface area contributed by atoms with E-state index in [1.807, 2.05) is 0 Å². The van der Waals surface area contributed by atoms with E-state index in [1.165, 1.54) is 19.1 Å². The largest absolute Gasteiger partial charge is 0.376 e. The van der Waals surface area contributed by atoms with Gasteiger partial charge in [-0.15, -0.1) is 0 Å². The summed E-state index contributed by atoms with van der Waals surface area (Å²) in [6, 6.07) is 2.83. The van der Waals surface area contributed by atoms with E-state index in [0.717, 1.165) is 18.7 Å². The van der Waals surface area contributed by atoms with E-state index in [9.17, 15) is 22.0 Å². The maximum atomic E-state index is 14.0. The normalized spacial score (nSPS) is 27.8. The lowest BCUT2D eigenvalue weighted by atomic mass is 9.82. The first kappa shape index (κ1) is 23.1. The Morgan fingerprint density at radius 3 is 2.53 bits per heavy atom. The molecule has 2 atom stereocenters. The second-order valence-electron chi connectivity index (χ2n) is 8.39. The van der Waals surface area contributed by atoms with Crippen molar-refractivity contribution in [2.45, 2.75) is 69.6 Å². The molecular formula is C21H30F2N2O4S. The van der Waals surface area contributed by atoms with E-state index < -0.39 is 15.8 Å². The molecule has 0 radical (unpaired) electrons. The number of amides is 1. The van der Waals surface area contributed by atoms with Gasteiger partial charge < -0.3 is 9.64 Å². The SMILES string of the molecule is CC(=O)N1CCC[C@H](NS(C)(=O)=O)[C@@H]1COC1CCC(c2cc(F)ccc2F)CC1. The minimum Gasteiger partial charge on any atom is -0.376 e. The van der Waals surface area contributed by atoms with Crippen LogP contribution in [0.3, 0.4) is 0 Å². The fourth-order valence-electron chi connectivity index (χ4n) is 4.67. The van der Waals surface area contributed by atoms with Crippen LogP contribution < -0.4 is 4.72 Å². The molecule has 1 N–H and O–H groups in total. The summed E-state index contributed by atoms with van der Waals surface area (Å²) in [7, 11) is -3.40. The number of nitrogens with one attached hydrogen (secondary N) is 1. The molecule has 30 heavy (non-hydrogen) atoms. The number of ether oxygens (including phenoxy) is 1. The van der Waals surface area contributed by atoms with E-state index in [2.05, 4.69) is 4.72 Å². The highest BCUT2D eigenvalue weighted by molar-refractivity contribution is 7.88. The number of sulfonamides is 1. The summed E-state index contributed by atoms with van der Waals surface area (Å²) < 4.78 is 59.7. The Kier molecular flexibility index (Phi) is 7.47. The second kappa shape index (κ2) is 9.70. The Hall–Kier alpha value is -1.58. The van der Waals surface area contributed by atoms with Gasteiger partial charge in [0.05, 0.1) is 25.0 Å². The smallest absolute Gasteiger partial charge is 0.219 e. The van der Waals surface area contributed by atoms with Crippen molar-refractivity contribution in [3.63, 3.8) is 0 Å². The first-order valence-corrected chi connectivity index (χ1v) is 12.3. The summed E-state index contributed by atoms with van der Waals surface area (Å²) >= 11 is 0. The van der Waals surface area contributed by atoms with Crippen molar-refractivity contribution in [3.8, 4) is 0 Å². The van der Waals surface area contributed by atoms with E-state index >= 15 is 0 Å². The number of rotatable bonds is 6. The van der Waals surface area contributed by atoms with Gasteiger partial charge in [-0.3, -0.25) is 4.79 Å². The van der Waals surface area contributed by atoms with Crippen molar-refractivity contribution >= 4 is 15.9 Å². The van der Waals surface area contributed by atoms with E-state index in [0.29, 0.717) is 44.2 Å². The van der Waals surface area contributed by atoms with Crippen LogP contribution in [-0.2, 0) is 19.6 Å². The van der Waals surface area contributed by atoms with Crippen LogP contribution in [0.1, 0.15) is 56.9 Å². The molecule has 168 valence electrons. The predicted molar refractivity (Wildman–Crippen MR) is 109 cm³/mol. The molecule has 3 rings (SSSR count). The average molecular weight is 445 g/mol. The number of nitrogens with zero attached hydrogens (tertiary/aromatic N) is 1. The van der Waals surface area contributed by atoms with Crippen LogP contribution in [-0.4, -0.2) is 56.8 Å². The molecule has 1 heterocycles. The number of hydrogen-bond donors (Lipinski definition) is 1. The first-order chi connectivity index (χ1) is 14.1. The Morgan fingerprint density at radius 2 is 1.90 bits per heavy atom. The fraction of sp³-hybridized carbons (Fsp3) is 0.667. The van der Waals surface area contributed by atoms with Crippen LogP contribution in [0.25, 0.3) is 0 Å². The summed E-state index contributed by atoms with van der Waals surface area (Å²) in [4.78, 5) is 13.7. The molecule has 1 amide bonds. The van der Waals surface area contributed by atoms with Gasteiger partial charge in [0, 0.05) is 19.5 Å². The first-order valence-electron chi connectivity index (χ1n) is 10.4. The van der Waals surface area contributed by atoms with E-state index in [4.69, 9.17) is 4.74 Å². The van der Waals surface area contributed by atoms with Gasteiger partial charge >= 0.3 is 0 Å². The van der Waals surface area contributed by atoms with Crippen molar-refractivity contribution in [3.05, 3.63) is 35.4 Å². The summed E-state index contributed by atoms with van der Waals surface area (Å²) in [6.07, 6.45) is 5.24. The zero-order chi connectivity index (χ0) is 21.9. The van der Waals surface area contributed by atoms with Gasteiger partial charge in [0.25, 0.3) is 0 Å². The maximum Gasteiger partial charge on any atom is 0.219 e. The summed E-state index contributed by atoms with van der Waals surface area (Å²) in [5.74, 6) is -0.955. The summed E-state index contributed by atoms with van der Waals surface area (Å²) in [6.45, 7) is 2.31. The molecule has 0 bridgehead atoms. The number of piperidine rings is 1. The van der Waals surface area contributed by atoms with Crippen LogP contribution in [0.4, 0.5) is 8.78 Å². The molecule has 2 aliphatic rings. The quantitative estimate of drug-likeness (QED) is 0.732. The second-order valence-corrected chi connectivity index (χ2v) is 10.2. The van der Waals surface area contributed by atoms with Gasteiger partial charge in [-0.05, 0) is 68.2 Å². The topological polar surface area (TPSA) is 75.7 Å². The minimum atomic E-state index is -3.40. The molecule has 1 saturated heterocycles. The van der Waals surface area contributed by atoms with E-state index in [-0.39, 0.29) is 42.4 Å². The number of likely N-dealkylation sites (tertiary alicyclic amines) is 1. The van der Waals surface area contributed by atoms with Gasteiger partial charge in [-0.25, -0.2) is 21.9 Å². The number of hydrogen-bond acceptors (Lipinski definition) is 4. The molecule has 1 aliphatic carbocycles. The summed E-state index contributed by atoms with van der Waals surface area (Å²) in [5.41, 5.74) is 0.418. The molecule has 0 aromatic heterocycles. The molecule has 6 nitrogen and oxygen atoms in total. The van der Waals surface area contributed by atoms with Crippen LogP contribution in [0.2, 0.25) is 0 Å². The molecule has 0 spiro atoms. The Balaban J connectivity index is 1.59. The lowest BCUT2D eigenvalue weighted by molar-refractivity contribution is -0.136. The molecular weight excluding hydrogens is 414 g/mol. The van der Waals surface area contributed by atoms with Crippen LogP contribution in [0.5, 0.6) is 0 Å². The van der Waals surface area contributed by atoms with Crippen LogP contribution >= 0.6 is 0 Å². The standard InChI is InChI=1S/C21H30F2N2O4S/c1-14(26)25-11-3-4-20(24-30(2,27)28)21(25)13-29-17-8-5-15(6-9-17)18-12-16(22)7-10-19(18)23/h7,10,12,15,17,20-21,24H,3-6,8-9,11,13H2,1-2H3/t15?,17?,20-,21-/m0/s1. The van der Waals surface area contributed by atoms with Crippen LogP contribution in [0.15, 0.2) is 18.2 Å². The average Bonchev–Trinajstić information content (AvgIpc) is 2.68. The van der Waals surface area contributed by atoms with Gasteiger partial charge in [-0.1, -0.05) is 0 Å². The predicted octanol–water partition coefficient (Wildman–Crippen LogP) is 2.94. The van der Waals surface area contributed by atoms with Crippen molar-refractivity contribution in [1.29, 1.82) is 0 Å². The highest BCUT2D eigenvalue weighted by atomic mass is 32.2. The van der Waals surface area contributed by atoms with Crippen molar-refractivity contribution in [2.75, 3.05) is 19.4 Å². The van der Waals surface area contributed by atoms with Crippen LogP contribution in [0, 0.1) is 11.6 Å². The van der Waals surface area contributed by atoms with Gasteiger partial charge in [-0.2, -0.15) is 0 Å². The lowest BCUT2D eigenvalue weighted by Gasteiger charge is -2.41. The highest BCUT2D eigenvalue weighted by Crippen LogP contribution is 2.36. The zero-order valence-electron chi connectivity index (χ0n) is 17.4. The third kappa shape index (κ3) is 5.98. The third-order valence-electron chi connectivity index (χ3n) is 6.12. The van der Waals surface area contributed by atoms with Crippen molar-refractivity contribution < 1.29 is 26.7 Å². The van der Waals surface area contributed by atoms with Gasteiger partial charge in [0.1, 0.15) is 11.6 Å². The number of carbonyl (C=O) groups excluding carboxylic acids is 1. The Labute approximate surface area is 177 Å². The molecule has 2 fully saturated rings. The fourth-order valence-corrected chi connectivity index (χ4v) is 5.49. The Bertz CT molecular complexity index is 857. The third-order valence-corrected chi connectivity index (χ3v) is 6.85. The molecule has 1 aromatic carbocycles. The monoisotopic (exact) mass is 444 g/mol. The summed E-state index contributed by atoms with van der Waals surface area (Å²) in [5, 5.41) is 0. The zero-order valence-corrected chi connectivity index (χ0v) is 18.3. The minimum absolute atomic E-state index is 0.0383. The molecule has 1 aliphatic heterocycles. The molecule has 9 heteroatoms. The lowest BCUT2D eigenvalue weighted by Crippen LogP contribution is -2.58. The molecule has 1 aromatic rings.